The van der Waals surface area contributed by atoms with E-state index in [9.17, 15) is 18.0 Å². The van der Waals surface area contributed by atoms with Crippen molar-refractivity contribution in [2.75, 3.05) is 5.73 Å². The highest BCUT2D eigenvalue weighted by molar-refractivity contribution is 14.1. The second-order valence-electron chi connectivity index (χ2n) is 6.13. The number of aromatic nitrogens is 2. The number of aryl methyl sites for hydroxylation is 1. The molecular formula is C18H16F3IN4OS. The van der Waals surface area contributed by atoms with Crippen LogP contribution in [0.3, 0.4) is 0 Å². The second kappa shape index (κ2) is 8.11. The molecule has 0 spiro atoms. The average molecular weight is 520 g/mol. The fourth-order valence-electron chi connectivity index (χ4n) is 2.72. The van der Waals surface area contributed by atoms with E-state index in [2.05, 4.69) is 10.4 Å². The number of alkyl halides is 4. The minimum absolute atomic E-state index is 0.0744. The van der Waals surface area contributed by atoms with E-state index < -0.39 is 11.9 Å². The van der Waals surface area contributed by atoms with Crippen molar-refractivity contribution in [1.29, 1.82) is 0 Å². The van der Waals surface area contributed by atoms with Crippen molar-refractivity contribution >= 4 is 45.5 Å². The summed E-state index contributed by atoms with van der Waals surface area (Å²) in [6, 6.07) is 9.72. The van der Waals surface area contributed by atoms with E-state index in [1.165, 1.54) is 0 Å². The van der Waals surface area contributed by atoms with Gasteiger partial charge in [-0.25, -0.2) is 4.68 Å². The molecule has 0 saturated carbocycles. The maximum absolute atomic E-state index is 13.1. The zero-order valence-corrected chi connectivity index (χ0v) is 17.7. The molecule has 0 unspecified atom stereocenters. The third kappa shape index (κ3) is 4.66. The summed E-state index contributed by atoms with van der Waals surface area (Å²) in [4.78, 5) is 13.3. The summed E-state index contributed by atoms with van der Waals surface area (Å²) in [6.45, 7) is 2.22. The van der Waals surface area contributed by atoms with Gasteiger partial charge in [0.2, 0.25) is 0 Å². The number of hydrogen-bond donors (Lipinski definition) is 2. The van der Waals surface area contributed by atoms with E-state index >= 15 is 0 Å². The van der Waals surface area contributed by atoms with E-state index in [-0.39, 0.29) is 16.2 Å². The van der Waals surface area contributed by atoms with E-state index in [0.29, 0.717) is 22.0 Å². The van der Waals surface area contributed by atoms with Crippen LogP contribution in [0, 0.1) is 6.92 Å². The Morgan fingerprint density at radius 3 is 2.64 bits per heavy atom. The van der Waals surface area contributed by atoms with Gasteiger partial charge in [0, 0.05) is 12.2 Å². The van der Waals surface area contributed by atoms with Gasteiger partial charge in [-0.05, 0) is 48.4 Å². The monoisotopic (exact) mass is 520 g/mol. The fourth-order valence-corrected chi connectivity index (χ4v) is 4.12. The summed E-state index contributed by atoms with van der Waals surface area (Å²) >= 11 is 2.92. The number of carbonyl (C=O) groups excluding carboxylic acids is 1. The Bertz CT molecular complexity index is 992. The van der Waals surface area contributed by atoms with Crippen molar-refractivity contribution in [3.63, 3.8) is 0 Å². The highest BCUT2D eigenvalue weighted by atomic mass is 127. The summed E-state index contributed by atoms with van der Waals surface area (Å²) in [7, 11) is 0. The Hall–Kier alpha value is -2.08. The number of amides is 1. The molecule has 2 aromatic heterocycles. The van der Waals surface area contributed by atoms with Gasteiger partial charge >= 0.3 is 6.18 Å². The lowest BCUT2D eigenvalue weighted by Crippen LogP contribution is -2.21. The van der Waals surface area contributed by atoms with Crippen LogP contribution in [0.1, 0.15) is 26.5 Å². The lowest BCUT2D eigenvalue weighted by atomic mass is 10.1. The van der Waals surface area contributed by atoms with Gasteiger partial charge in [-0.3, -0.25) is 4.79 Å². The van der Waals surface area contributed by atoms with Gasteiger partial charge in [-0.1, -0.05) is 28.7 Å². The van der Waals surface area contributed by atoms with Gasteiger partial charge in [-0.2, -0.15) is 18.3 Å². The standard InChI is InChI=1S/C18H16F3IN4OS/c1-10-4-11(6-12(23)5-10)8-24-17(27)15-3-2-14(28-15)13-7-16(18(19,20)21)26(9-22)25-13/h2-7H,8-9,23H2,1H3,(H,24,27). The number of nitrogen functional groups attached to an aromatic ring is 1. The number of carbonyl (C=O) groups is 1. The van der Waals surface area contributed by atoms with Gasteiger partial charge in [0.1, 0.15) is 11.4 Å². The number of rotatable bonds is 5. The molecule has 0 aliphatic rings. The predicted molar refractivity (Wildman–Crippen MR) is 111 cm³/mol. The Balaban J connectivity index is 1.75. The van der Waals surface area contributed by atoms with Crippen LogP contribution in [0.2, 0.25) is 0 Å². The molecule has 3 aromatic rings. The molecule has 0 aliphatic heterocycles. The first kappa shape index (κ1) is 20.6. The van der Waals surface area contributed by atoms with Gasteiger partial charge in [0.15, 0.2) is 0 Å². The van der Waals surface area contributed by atoms with Crippen molar-refractivity contribution in [3.05, 3.63) is 58.1 Å². The van der Waals surface area contributed by atoms with Crippen molar-refractivity contribution in [1.82, 2.24) is 15.1 Å². The first-order chi connectivity index (χ1) is 13.2. The molecule has 0 atom stereocenters. The number of nitrogens with zero attached hydrogens (tertiary/aromatic N) is 2. The van der Waals surface area contributed by atoms with Crippen LogP contribution in [0.25, 0.3) is 10.6 Å². The first-order valence-electron chi connectivity index (χ1n) is 8.13. The summed E-state index contributed by atoms with van der Waals surface area (Å²) in [5, 5.41) is 6.80. The average Bonchev–Trinajstić information content (AvgIpc) is 3.25. The normalized spacial score (nSPS) is 11.6. The molecule has 3 rings (SSSR count). The van der Waals surface area contributed by atoms with Crippen LogP contribution < -0.4 is 11.1 Å². The second-order valence-corrected chi connectivity index (χ2v) is 7.90. The van der Waals surface area contributed by atoms with Crippen molar-refractivity contribution in [3.8, 4) is 10.6 Å². The molecule has 5 nitrogen and oxygen atoms in total. The molecule has 148 valence electrons. The van der Waals surface area contributed by atoms with Crippen molar-refractivity contribution in [2.24, 2.45) is 0 Å². The van der Waals surface area contributed by atoms with Gasteiger partial charge in [0.05, 0.1) is 14.3 Å². The van der Waals surface area contributed by atoms with Crippen LogP contribution in [-0.4, -0.2) is 15.7 Å². The van der Waals surface area contributed by atoms with Crippen LogP contribution >= 0.6 is 33.9 Å². The predicted octanol–water partition coefficient (Wildman–Crippen LogP) is 4.84. The molecule has 0 radical (unpaired) electrons. The van der Waals surface area contributed by atoms with E-state index in [1.807, 2.05) is 41.6 Å². The third-order valence-electron chi connectivity index (χ3n) is 3.88. The first-order valence-corrected chi connectivity index (χ1v) is 10.5. The number of thiophene rings is 1. The fraction of sp³-hybridized carbons (Fsp3) is 0.222. The zero-order valence-electron chi connectivity index (χ0n) is 14.7. The Morgan fingerprint density at radius 2 is 2.04 bits per heavy atom. The molecular weight excluding hydrogens is 504 g/mol. The van der Waals surface area contributed by atoms with Gasteiger partial charge in [0.25, 0.3) is 5.91 Å². The maximum Gasteiger partial charge on any atom is 0.433 e. The molecule has 2 heterocycles. The number of benzene rings is 1. The van der Waals surface area contributed by atoms with Crippen LogP contribution in [0.15, 0.2) is 36.4 Å². The molecule has 0 saturated heterocycles. The summed E-state index contributed by atoms with van der Waals surface area (Å²) in [6.07, 6.45) is -4.48. The smallest absolute Gasteiger partial charge is 0.399 e. The molecule has 3 N–H and O–H groups in total. The Kier molecular flexibility index (Phi) is 5.98. The molecule has 0 fully saturated rings. The molecule has 0 aliphatic carbocycles. The van der Waals surface area contributed by atoms with Crippen molar-refractivity contribution in [2.45, 2.75) is 24.2 Å². The zero-order chi connectivity index (χ0) is 20.5. The largest absolute Gasteiger partial charge is 0.433 e. The van der Waals surface area contributed by atoms with Crippen molar-refractivity contribution < 1.29 is 18.0 Å². The SMILES string of the molecule is Cc1cc(N)cc(CNC(=O)c2ccc(-c3cc(C(F)(F)F)n(CI)n3)s2)c1. The van der Waals surface area contributed by atoms with Crippen LogP contribution in [0.5, 0.6) is 0 Å². The molecule has 1 amide bonds. The van der Waals surface area contributed by atoms with Gasteiger partial charge < -0.3 is 11.1 Å². The Labute approximate surface area is 176 Å². The summed E-state index contributed by atoms with van der Waals surface area (Å²) < 4.78 is 40.2. The lowest BCUT2D eigenvalue weighted by Gasteiger charge is -2.06. The lowest BCUT2D eigenvalue weighted by molar-refractivity contribution is -0.143. The summed E-state index contributed by atoms with van der Waals surface area (Å²) in [5.41, 5.74) is 7.67. The number of nitrogens with two attached hydrogens (primary N) is 1. The number of anilines is 1. The Morgan fingerprint density at radius 1 is 1.29 bits per heavy atom. The highest BCUT2D eigenvalue weighted by Crippen LogP contribution is 2.34. The van der Waals surface area contributed by atoms with E-state index in [4.69, 9.17) is 5.73 Å². The number of halogens is 4. The number of hydrogen-bond acceptors (Lipinski definition) is 4. The minimum atomic E-state index is -4.48. The van der Waals surface area contributed by atoms with Gasteiger partial charge in [-0.15, -0.1) is 11.3 Å². The third-order valence-corrected chi connectivity index (χ3v) is 5.63. The van der Waals surface area contributed by atoms with Crippen LogP contribution in [0.4, 0.5) is 18.9 Å². The van der Waals surface area contributed by atoms with E-state index in [0.717, 1.165) is 33.2 Å². The summed E-state index contributed by atoms with van der Waals surface area (Å²) in [5.74, 6) is -0.305. The topological polar surface area (TPSA) is 72.9 Å². The number of nitrogens with one attached hydrogen (secondary N) is 1. The minimum Gasteiger partial charge on any atom is -0.399 e. The van der Waals surface area contributed by atoms with Crippen LogP contribution in [-0.2, 0) is 17.3 Å². The molecule has 0 bridgehead atoms. The van der Waals surface area contributed by atoms with E-state index in [1.54, 1.807) is 18.2 Å². The highest BCUT2D eigenvalue weighted by Gasteiger charge is 2.36. The molecule has 10 heteroatoms. The molecule has 1 aromatic carbocycles. The maximum atomic E-state index is 13.1. The molecule has 28 heavy (non-hydrogen) atoms. The quantitative estimate of drug-likeness (QED) is 0.287.